The molecular formula is C90H140N5O13+3. The van der Waals surface area contributed by atoms with E-state index >= 15 is 0 Å². The second kappa shape index (κ2) is 48.4. The largest absolute Gasteiger partial charge is 0.550 e. The van der Waals surface area contributed by atoms with Crippen LogP contribution in [-0.2, 0) is 85.7 Å². The number of ether oxygens (including phenoxy) is 1. The highest BCUT2D eigenvalue weighted by Gasteiger charge is 2.42. The summed E-state index contributed by atoms with van der Waals surface area (Å²) in [5, 5.41) is 54.0. The van der Waals surface area contributed by atoms with Crippen LogP contribution < -0.4 is 14.7 Å². The highest BCUT2D eigenvalue weighted by atomic mass is 16.5. The summed E-state index contributed by atoms with van der Waals surface area (Å²) in [6.45, 7) is 36.0. The number of hydrogen-bond acceptors (Lipinski definition) is 9. The van der Waals surface area contributed by atoms with Crippen molar-refractivity contribution < 1.29 is 82.1 Å². The molecule has 0 amide bonds. The predicted molar refractivity (Wildman–Crippen MR) is 435 cm³/mol. The summed E-state index contributed by atoms with van der Waals surface area (Å²) in [4.78, 5) is 61.0. The average Bonchev–Trinajstić information content (AvgIpc) is 1.61. The van der Waals surface area contributed by atoms with Crippen molar-refractivity contribution >= 4 is 41.5 Å². The van der Waals surface area contributed by atoms with Crippen LogP contribution in [0.5, 0.6) is 0 Å². The number of nitrogens with zero attached hydrogens (tertiary/aromatic N) is 5. The maximum Gasteiger partial charge on any atom is 0.306 e. The van der Waals surface area contributed by atoms with Gasteiger partial charge in [-0.2, -0.15) is 0 Å². The Kier molecular flexibility index (Phi) is 43.9. The lowest BCUT2D eigenvalue weighted by Crippen LogP contribution is -2.48. The number of carboxylic acids is 6. The summed E-state index contributed by atoms with van der Waals surface area (Å²) < 4.78 is 10.4. The molecule has 1 saturated heterocycles. The van der Waals surface area contributed by atoms with E-state index in [2.05, 4.69) is 230 Å². The lowest BCUT2D eigenvalue weighted by atomic mass is 9.87. The number of para-hydroxylation sites is 1. The first-order valence-corrected chi connectivity index (χ1v) is 38.7. The molecule has 0 radical (unpaired) electrons. The summed E-state index contributed by atoms with van der Waals surface area (Å²) >= 11 is 0. The smallest absolute Gasteiger partial charge is 0.306 e. The van der Waals surface area contributed by atoms with Crippen LogP contribution in [0.1, 0.15) is 175 Å². The normalized spacial score (nSPS) is 15.5. The van der Waals surface area contributed by atoms with Gasteiger partial charge in [0, 0.05) is 94.7 Å². The third kappa shape index (κ3) is 38.3. The molecule has 4 aliphatic heterocycles. The Hall–Kier alpha value is -8.10. The predicted octanol–water partition coefficient (Wildman–Crippen LogP) is 14.8. The molecule has 1 fully saturated rings. The Bertz CT molecular complexity index is 3430. The van der Waals surface area contributed by atoms with E-state index < -0.39 is 53.8 Å². The van der Waals surface area contributed by atoms with E-state index in [1.54, 1.807) is 68.1 Å². The van der Waals surface area contributed by atoms with Crippen LogP contribution in [0.15, 0.2) is 146 Å². The molecular weight excluding hydrogens is 1360 g/mol. The number of quaternary nitrogens is 5. The Labute approximate surface area is 650 Å². The summed E-state index contributed by atoms with van der Waals surface area (Å²) in [7, 11) is 21.2. The van der Waals surface area contributed by atoms with Crippen molar-refractivity contribution in [2.75, 3.05) is 90.2 Å². The van der Waals surface area contributed by atoms with Gasteiger partial charge in [-0.1, -0.05) is 225 Å². The molecule has 0 bridgehead atoms. The van der Waals surface area contributed by atoms with Crippen molar-refractivity contribution in [3.63, 3.8) is 0 Å². The van der Waals surface area contributed by atoms with Gasteiger partial charge in [0.1, 0.15) is 51.5 Å². The first-order chi connectivity index (χ1) is 50.3. The van der Waals surface area contributed by atoms with E-state index in [1.807, 2.05) is 27.7 Å². The number of aliphatic carboxylic acids is 6. The van der Waals surface area contributed by atoms with Gasteiger partial charge in [0.25, 0.3) is 0 Å². The van der Waals surface area contributed by atoms with Gasteiger partial charge in [0.05, 0.1) is 113 Å². The highest BCUT2D eigenvalue weighted by molar-refractivity contribution is 5.78. The van der Waals surface area contributed by atoms with E-state index in [-0.39, 0.29) is 23.7 Å². The first kappa shape index (κ1) is 97.9. The lowest BCUT2D eigenvalue weighted by molar-refractivity contribution is -0.966. The Morgan fingerprint density at radius 1 is 0.407 bits per heavy atom. The summed E-state index contributed by atoms with van der Waals surface area (Å²) in [5.74, 6) is -8.67. The number of rotatable bonds is 20. The maximum atomic E-state index is 10.7. The lowest BCUT2D eigenvalue weighted by Gasteiger charge is -2.31. The van der Waals surface area contributed by atoms with Gasteiger partial charge in [-0.25, -0.2) is 0 Å². The molecule has 6 aromatic carbocycles. The zero-order valence-corrected chi connectivity index (χ0v) is 70.3. The van der Waals surface area contributed by atoms with Crippen molar-refractivity contribution in [2.24, 2.45) is 35.5 Å². The van der Waals surface area contributed by atoms with Gasteiger partial charge < -0.3 is 62.9 Å². The molecule has 4 aliphatic rings. The molecule has 0 aliphatic carbocycles. The van der Waals surface area contributed by atoms with E-state index in [0.29, 0.717) is 6.42 Å². The van der Waals surface area contributed by atoms with Crippen molar-refractivity contribution in [1.29, 1.82) is 0 Å². The SMILES string of the molecule is CCC(C)C(=O)O.CCC(C)C(=O)O.CCC(C)C(=O)O.CCC(C)C(=O)O.CCC(OC)C(C(=O)[O-])C(C)C(=O)[O-].C[N+](C)(C)Cc1ccccc1.Cc1cc(C)cc(C[N+](C)(C)C)c1.Cc1cccc(C[N+](C)(C)C)c1.c1ccc2c(c1)CC[N+]21CCCC1.c1ccc2c(c1)C[N+]1(C2)Cc2ccccc2C1. The second-order valence-corrected chi connectivity index (χ2v) is 33.0. The molecule has 600 valence electrons. The molecule has 108 heavy (non-hydrogen) atoms. The molecule has 4 heterocycles. The number of carbonyl (C=O) groups excluding carboxylic acids is 2. The Morgan fingerprint density at radius 2 is 0.741 bits per heavy atom. The first-order valence-electron chi connectivity index (χ1n) is 38.7. The minimum absolute atomic E-state index is 0.181. The average molecular weight is 1500 g/mol. The number of aryl methyl sites for hydroxylation is 3. The minimum atomic E-state index is -1.42. The maximum absolute atomic E-state index is 10.7. The zero-order chi connectivity index (χ0) is 82.3. The summed E-state index contributed by atoms with van der Waals surface area (Å²) in [6, 6.07) is 52.9. The van der Waals surface area contributed by atoms with Gasteiger partial charge in [-0.3, -0.25) is 23.7 Å². The van der Waals surface area contributed by atoms with E-state index in [1.165, 1.54) is 121 Å². The minimum Gasteiger partial charge on any atom is -0.550 e. The molecule has 4 N–H and O–H groups in total. The third-order valence-electron chi connectivity index (χ3n) is 19.6. The molecule has 10 rings (SSSR count). The van der Waals surface area contributed by atoms with Crippen molar-refractivity contribution in [1.82, 2.24) is 4.48 Å². The molecule has 18 nitrogen and oxygen atoms in total. The quantitative estimate of drug-likeness (QED) is 0.0521. The summed E-state index contributed by atoms with van der Waals surface area (Å²) in [5.41, 5.74) is 17.8. The van der Waals surface area contributed by atoms with Crippen LogP contribution in [0.3, 0.4) is 0 Å². The zero-order valence-electron chi connectivity index (χ0n) is 70.3. The second-order valence-electron chi connectivity index (χ2n) is 33.0. The number of benzene rings is 6. The monoisotopic (exact) mass is 1500 g/mol. The summed E-state index contributed by atoms with van der Waals surface area (Å²) in [6.07, 6.45) is 6.77. The molecule has 7 unspecified atom stereocenters. The fourth-order valence-corrected chi connectivity index (χ4v) is 12.8. The van der Waals surface area contributed by atoms with E-state index in [4.69, 9.17) is 25.2 Å². The number of carbonyl (C=O) groups is 6. The van der Waals surface area contributed by atoms with Crippen molar-refractivity contribution in [3.05, 3.63) is 207 Å². The molecule has 0 saturated carbocycles. The molecule has 2 spiro atoms. The van der Waals surface area contributed by atoms with E-state index in [0.717, 1.165) is 58.8 Å². The van der Waals surface area contributed by atoms with E-state index in [9.17, 15) is 39.0 Å². The van der Waals surface area contributed by atoms with Crippen molar-refractivity contribution in [3.8, 4) is 0 Å². The van der Waals surface area contributed by atoms with Gasteiger partial charge in [-0.05, 0) is 58.9 Å². The van der Waals surface area contributed by atoms with Crippen LogP contribution in [0, 0.1) is 56.3 Å². The molecule has 18 heteroatoms. The fourth-order valence-electron chi connectivity index (χ4n) is 12.8. The highest BCUT2D eigenvalue weighted by Crippen LogP contribution is 2.40. The number of methoxy groups -OCH3 is 1. The van der Waals surface area contributed by atoms with Crippen molar-refractivity contribution in [2.45, 2.75) is 193 Å². The Morgan fingerprint density at radius 3 is 1.06 bits per heavy atom. The topological polar surface area (TPSA) is 239 Å². The Balaban J connectivity index is 0.000000610. The molecule has 6 aromatic rings. The molecule has 0 aromatic heterocycles. The molecule has 7 atom stereocenters. The number of hydrogen-bond donors (Lipinski definition) is 4. The van der Waals surface area contributed by atoms with Crippen LogP contribution in [0.4, 0.5) is 5.69 Å². The van der Waals surface area contributed by atoms with Gasteiger partial charge >= 0.3 is 23.9 Å². The van der Waals surface area contributed by atoms with Gasteiger partial charge in [-0.15, -0.1) is 0 Å². The fraction of sp³-hybridized carbons (Fsp3) is 0.533. The van der Waals surface area contributed by atoms with Crippen LogP contribution in [0.25, 0.3) is 0 Å². The van der Waals surface area contributed by atoms with Gasteiger partial charge in [0.2, 0.25) is 0 Å². The van der Waals surface area contributed by atoms with Crippen LogP contribution in [-0.4, -0.2) is 170 Å². The third-order valence-corrected chi connectivity index (χ3v) is 19.6. The van der Waals surface area contributed by atoms with Crippen LogP contribution >= 0.6 is 0 Å². The standard InChI is InChI=1S/C16H16N.C12H16N.C12H20N.C11H18N.C10H16N.C9H16O5.4C5H10O2/c1-2-6-14-10-17(9-13(14)5-1)11-15-7-3-4-8-16(15)12-17;1-2-6-12-11(5-1)7-10-13(12)8-3-4-9-13;1-10-6-11(2)8-12(7-10)9-13(3,4)5;1-10-6-5-7-11(8-10)9-12(2,3)4;1-11(2,3)9-10-7-5-4-6-8-10;1-4-6(14-3)7(9(12)13)5(2)8(10)11;4*1-3-4(2)5(6)7/h1-8H,9-12H2;1-2,5-6H,3-4,7-10H2;6-8H,9H2,1-5H3;5-8H,9H2,1-4H3;4-8H,9H2,1-3H3;5-7H,4H2,1-3H3,(H,10,11)(H,12,13);4*4H,3H2,1-2H3,(H,6,7)/q5*+1;;;;;/p-2. The van der Waals surface area contributed by atoms with Gasteiger partial charge in [0.15, 0.2) is 0 Å². The number of carboxylic acid groups (broad SMARTS) is 6. The number of fused-ring (bicyclic) bond motifs is 4. The van der Waals surface area contributed by atoms with Crippen LogP contribution in [0.2, 0.25) is 0 Å².